The van der Waals surface area contributed by atoms with E-state index >= 15 is 0 Å². The van der Waals surface area contributed by atoms with Gasteiger partial charge in [-0.15, -0.1) is 23.5 Å². The number of rotatable bonds is 31. The zero-order valence-corrected chi connectivity index (χ0v) is 69.4. The van der Waals surface area contributed by atoms with E-state index in [0.29, 0.717) is 75.5 Å². The van der Waals surface area contributed by atoms with Gasteiger partial charge >= 0.3 is 181 Å². The Hall–Kier alpha value is -13.9. The number of hydrogen-bond acceptors (Lipinski definition) is 21. The third-order valence-corrected chi connectivity index (χ3v) is 21.3. The molecule has 5 aromatic heterocycles. The van der Waals surface area contributed by atoms with Crippen LogP contribution >= 0.6 is 35.3 Å². The number of ether oxygens (including phenoxy) is 5. The first kappa shape index (κ1) is 85.5. The number of aryl methyl sites for hydroxylation is 3. The Bertz CT molecular complexity index is 6170. The van der Waals surface area contributed by atoms with Gasteiger partial charge in [-0.3, -0.25) is 39.5 Å². The Morgan fingerprint density at radius 2 is 0.833 bits per heavy atom. The topological polar surface area (TPSA) is 308 Å². The third kappa shape index (κ3) is 24.6. The maximum atomic E-state index is 13.0. The van der Waals surface area contributed by atoms with Crippen molar-refractivity contribution >= 4 is 152 Å². The number of carbonyl (C=O) groups excluding carboxylic acids is 4. The quantitative estimate of drug-likeness (QED) is 0.00698. The average molecular weight is 1650 g/mol. The number of fused-ring (bicyclic) bond motifs is 3. The molecule has 0 bridgehead atoms. The molecule has 14 rings (SSSR count). The number of ketones is 1. The van der Waals surface area contributed by atoms with Crippen molar-refractivity contribution in [2.24, 2.45) is 5.10 Å². The molecule has 0 atom stereocenters. The monoisotopic (exact) mass is 1650 g/mol. The van der Waals surface area contributed by atoms with Gasteiger partial charge in [0.05, 0.1) is 49.3 Å². The summed E-state index contributed by atoms with van der Waals surface area (Å²) in [4.78, 5) is 68.0. The number of nitrogens with one attached hydrogen (secondary N) is 6. The summed E-state index contributed by atoms with van der Waals surface area (Å²) >= 11 is 4.60. The number of phenolic OH excluding ortho intramolecular Hbond substituents is 1. The van der Waals surface area contributed by atoms with E-state index in [4.69, 9.17) is 23.7 Å². The van der Waals surface area contributed by atoms with Gasteiger partial charge in [0.1, 0.15) is 0 Å². The Labute approximate surface area is 707 Å². The van der Waals surface area contributed by atoms with Gasteiger partial charge in [-0.2, -0.15) is 10.2 Å². The number of Topliss-reactive ketones (excluding diaryl/α,β-unsaturated/α-hetero) is 1. The van der Waals surface area contributed by atoms with Gasteiger partial charge in [-0.05, 0) is 190 Å². The first-order valence-corrected chi connectivity index (χ1v) is 40.7. The fraction of sp³-hybridized carbons (Fsp3) is 0.140. The van der Waals surface area contributed by atoms with Gasteiger partial charge in [0, 0.05) is 94.1 Å². The molecule has 23 nitrogen and oxygen atoms in total. The van der Waals surface area contributed by atoms with Crippen molar-refractivity contribution in [2.45, 2.75) is 53.4 Å². The predicted molar refractivity (Wildman–Crippen MR) is 482 cm³/mol. The summed E-state index contributed by atoms with van der Waals surface area (Å²) in [5, 5.41) is 40.7. The standard InChI is InChI=1S/C32H31BN4O5S.C31H28N4O3S.C30H26N4O3S/c1-21-7-10-23-16-25(12-13-29(23)35-21)36-32(39)24-5-4-6-28(17-24)43-19-27(38)18-26(37-34-20-33-40)11-8-22-9-14-30(41-2)31(15-22)42-3;1-20-7-10-22-16-24(12-13-28(22)32-20)33-31(36)23-5-4-6-27(17-23)39-19-26-18-25(34-35-26)11-8-21-9-14-29(37-2)30(15-21)38-3;1-19-6-9-21-15-23(11-12-27(21)31-19)32-30(36)22-4-3-5-26(16-22)38-18-25-17-24(33-34-25)10-7-20-8-13-28(35)29(14-20)37-2/h4-17,34H,18-20H2,1-3H3,(H,36,39);4-18H,19H2,1-3H3,(H,33,36)(H,34,35);3-17,35H,18H2,1-2H3,(H,32,36)(H,33,34)/b11-8+,37-26-;11-8+;10-7+. The van der Waals surface area contributed by atoms with Crippen molar-refractivity contribution in [3.05, 3.63) is 310 Å². The molecule has 0 aliphatic rings. The molecular formula is C93H85BN12O11S3. The largest absolute Gasteiger partial charge is 0.493 e. The number of anilines is 3. The molecule has 0 spiro atoms. The van der Waals surface area contributed by atoms with Crippen LogP contribution in [-0.4, -0.2) is 125 Å². The van der Waals surface area contributed by atoms with Crippen LogP contribution in [0.15, 0.2) is 256 Å². The maximum Gasteiger partial charge on any atom is 0.255 e. The van der Waals surface area contributed by atoms with Crippen molar-refractivity contribution in [1.29, 1.82) is 0 Å². The van der Waals surface area contributed by atoms with Gasteiger partial charge in [-0.25, -0.2) is 0 Å². The average Bonchev–Trinajstić information content (AvgIpc) is 1.01. The second-order valence-electron chi connectivity index (χ2n) is 27.0. The van der Waals surface area contributed by atoms with E-state index in [-0.39, 0.29) is 47.9 Å². The van der Waals surface area contributed by atoms with Crippen LogP contribution in [0.3, 0.4) is 0 Å². The Kier molecular flexibility index (Phi) is 30.1. The van der Waals surface area contributed by atoms with Crippen molar-refractivity contribution in [3.8, 4) is 34.5 Å². The molecule has 0 saturated carbocycles. The number of benzene rings is 9. The molecule has 0 unspecified atom stereocenters. The number of aromatic hydroxyl groups is 1. The van der Waals surface area contributed by atoms with Crippen LogP contribution in [-0.2, 0) is 21.0 Å². The number of phenols is 1. The van der Waals surface area contributed by atoms with E-state index in [1.165, 1.54) is 18.9 Å². The first-order chi connectivity index (χ1) is 58.3. The molecule has 120 heavy (non-hydrogen) atoms. The molecule has 0 aliphatic heterocycles. The molecule has 604 valence electrons. The minimum atomic E-state index is -0.246. The fourth-order valence-electron chi connectivity index (χ4n) is 12.1. The van der Waals surface area contributed by atoms with Crippen LogP contribution in [0.4, 0.5) is 17.1 Å². The van der Waals surface area contributed by atoms with Crippen LogP contribution in [0.2, 0.25) is 0 Å². The van der Waals surface area contributed by atoms with Crippen LogP contribution < -0.4 is 45.1 Å². The minimum Gasteiger partial charge on any atom is -0.493 e. The number of nitrogens with zero attached hydrogens (tertiary/aromatic N) is 6. The van der Waals surface area contributed by atoms with E-state index in [0.717, 1.165) is 115 Å². The third-order valence-electron chi connectivity index (χ3n) is 18.2. The van der Waals surface area contributed by atoms with E-state index in [1.54, 1.807) is 107 Å². The molecule has 0 fully saturated rings. The minimum absolute atomic E-state index is 0.0290. The summed E-state index contributed by atoms with van der Waals surface area (Å²) in [5.74, 6) is 4.01. The molecule has 0 saturated heterocycles. The molecule has 7 N–H and O–H groups in total. The summed E-state index contributed by atoms with van der Waals surface area (Å²) in [7, 11) is 8.57. The van der Waals surface area contributed by atoms with E-state index < -0.39 is 0 Å². The summed E-state index contributed by atoms with van der Waals surface area (Å²) in [6.07, 6.45) is 11.3. The molecule has 0 radical (unpaired) electrons. The van der Waals surface area contributed by atoms with Crippen molar-refractivity contribution in [2.75, 3.05) is 63.7 Å². The van der Waals surface area contributed by atoms with Crippen LogP contribution in [0.5, 0.6) is 34.5 Å². The van der Waals surface area contributed by atoms with E-state index in [1.807, 2.05) is 233 Å². The number of pyridine rings is 3. The predicted octanol–water partition coefficient (Wildman–Crippen LogP) is 19.2. The van der Waals surface area contributed by atoms with Crippen molar-refractivity contribution in [3.63, 3.8) is 0 Å². The summed E-state index contributed by atoms with van der Waals surface area (Å²) in [6.45, 7) is 5.86. The maximum absolute atomic E-state index is 13.0. The SMILES string of the molecule is COc1cc(/C=C/c2cc(CSc3cccc(C(=O)Nc4ccc5nc(C)ccc5c4)c3)[nH]n2)ccc1O.COc1ccc(/C=C/C(CC(=O)CSc2cccc(C(=O)Nc3ccc4nc(C)ccc4c3)c2)=N/NCB=O)cc1OC.COc1ccc(/C=C/c2cc(CSc3cccc(C(=O)Nc4ccc5nc(C)ccc5c4)c3)[nH]n2)cc1OC. The van der Waals surface area contributed by atoms with E-state index in [2.05, 4.69) is 61.8 Å². The summed E-state index contributed by atoms with van der Waals surface area (Å²) < 4.78 is 37.2. The summed E-state index contributed by atoms with van der Waals surface area (Å²) in [5.41, 5.74) is 18.8. The molecule has 9 aromatic carbocycles. The molecule has 0 aliphatic carbocycles. The van der Waals surface area contributed by atoms with Crippen molar-refractivity contribution in [1.82, 2.24) is 40.8 Å². The fourth-order valence-corrected chi connectivity index (χ4v) is 14.6. The second kappa shape index (κ2) is 42.3. The Morgan fingerprint density at radius 3 is 1.25 bits per heavy atom. The first-order valence-electron chi connectivity index (χ1n) is 37.8. The number of hydrogen-bond donors (Lipinski definition) is 7. The van der Waals surface area contributed by atoms with Gasteiger partial charge in [0.15, 0.2) is 23.0 Å². The molecule has 5 heterocycles. The zero-order valence-electron chi connectivity index (χ0n) is 67.0. The van der Waals surface area contributed by atoms with Gasteiger partial charge in [0.25, 0.3) is 11.8 Å². The number of aromatic nitrogens is 7. The number of aromatic amines is 2. The Balaban J connectivity index is 0.000000165. The van der Waals surface area contributed by atoms with Crippen LogP contribution in [0.25, 0.3) is 63.1 Å². The Morgan fingerprint density at radius 1 is 0.433 bits per heavy atom. The molecule has 14 aromatic rings. The number of methoxy groups -OCH3 is 5. The smallest absolute Gasteiger partial charge is 0.255 e. The molecule has 27 heteroatoms. The van der Waals surface area contributed by atoms with Gasteiger partial charge < -0.3 is 35.3 Å². The molecular weight excluding hydrogens is 1570 g/mol. The number of carbonyl (C=O) groups is 4. The number of thioether (sulfide) groups is 3. The van der Waals surface area contributed by atoms with E-state index in [9.17, 15) is 29.0 Å². The molecule has 3 amide bonds. The van der Waals surface area contributed by atoms with Gasteiger partial charge in [-0.1, -0.05) is 54.6 Å². The second-order valence-corrected chi connectivity index (χ2v) is 30.2. The number of H-pyrrole nitrogens is 2. The van der Waals surface area contributed by atoms with Crippen LogP contribution in [0.1, 0.15) is 94.0 Å². The number of allylic oxidation sites excluding steroid dienone is 1. The number of amides is 3. The van der Waals surface area contributed by atoms with Crippen LogP contribution in [0, 0.1) is 20.8 Å². The van der Waals surface area contributed by atoms with Gasteiger partial charge in [0.2, 0.25) is 0 Å². The zero-order chi connectivity index (χ0) is 84.3. The van der Waals surface area contributed by atoms with Crippen molar-refractivity contribution < 1.29 is 52.7 Å². The summed E-state index contributed by atoms with van der Waals surface area (Å²) in [6, 6.07) is 71.6. The normalized spacial score (nSPS) is 11.2. The number of hydrazone groups is 1.